The second-order valence-corrected chi connectivity index (χ2v) is 19.7. The molecule has 2 aliphatic carbocycles. The molecule has 1 atom stereocenters. The summed E-state index contributed by atoms with van der Waals surface area (Å²) < 4.78 is 51.9. The van der Waals surface area contributed by atoms with Gasteiger partial charge >= 0.3 is 0 Å². The molecular weight excluding hydrogens is 975 g/mol. The number of rotatable bonds is 16. The fourth-order valence-corrected chi connectivity index (χ4v) is 9.58. The lowest BCUT2D eigenvalue weighted by atomic mass is 10.0. The summed E-state index contributed by atoms with van der Waals surface area (Å²) in [5.74, 6) is -0.238. The summed E-state index contributed by atoms with van der Waals surface area (Å²) in [4.78, 5) is 77.7. The number of nitrogens with zero attached hydrogens (tertiary/aromatic N) is 6. The van der Waals surface area contributed by atoms with E-state index in [2.05, 4.69) is 40.5 Å². The first-order valence-electron chi connectivity index (χ1n) is 25.3. The number of hydrogen-bond donors (Lipinski definition) is 6. The van der Waals surface area contributed by atoms with Crippen LogP contribution in [0.15, 0.2) is 36.9 Å². The third kappa shape index (κ3) is 11.6. The highest BCUT2D eigenvalue weighted by Gasteiger charge is 2.31. The molecule has 22 heteroatoms. The Morgan fingerprint density at radius 1 is 0.653 bits per heavy atom. The number of benzene rings is 2. The Labute approximate surface area is 430 Å². The van der Waals surface area contributed by atoms with Crippen LogP contribution in [-0.2, 0) is 9.59 Å². The van der Waals surface area contributed by atoms with Gasteiger partial charge in [-0.15, -0.1) is 0 Å². The highest BCUT2D eigenvalue weighted by Crippen LogP contribution is 2.41. The van der Waals surface area contributed by atoms with Crippen LogP contribution < -0.4 is 29.6 Å². The van der Waals surface area contributed by atoms with Crippen molar-refractivity contribution in [1.82, 2.24) is 50.3 Å². The molecule has 4 fully saturated rings. The van der Waals surface area contributed by atoms with Gasteiger partial charge in [0.15, 0.2) is 23.1 Å². The van der Waals surface area contributed by atoms with Gasteiger partial charge in [0.2, 0.25) is 5.91 Å². The van der Waals surface area contributed by atoms with Gasteiger partial charge in [-0.05, 0) is 96.1 Å². The first-order valence-corrected chi connectivity index (χ1v) is 25.3. The highest BCUT2D eigenvalue weighted by atomic mass is 19.1. The molecule has 4 aliphatic rings. The van der Waals surface area contributed by atoms with Gasteiger partial charge in [0, 0.05) is 72.9 Å². The van der Waals surface area contributed by atoms with Crippen LogP contribution in [0.2, 0.25) is 0 Å². The second kappa shape index (κ2) is 22.6. The number of piperidine rings is 2. The van der Waals surface area contributed by atoms with Gasteiger partial charge in [-0.2, -0.15) is 0 Å². The number of methoxy groups -OCH3 is 2. The Kier molecular flexibility index (Phi) is 15.8. The monoisotopic (exact) mass is 1040 g/mol. The average molecular weight is 1040 g/mol. The van der Waals surface area contributed by atoms with Crippen LogP contribution in [0.4, 0.5) is 8.78 Å². The molecule has 2 aromatic carbocycles. The molecule has 4 aromatic heterocycles. The number of carbonyl (C=O) groups excluding carboxylic acids is 4. The zero-order valence-electron chi connectivity index (χ0n) is 42.6. The van der Waals surface area contributed by atoms with E-state index in [-0.39, 0.29) is 47.2 Å². The summed E-state index contributed by atoms with van der Waals surface area (Å²) in [7, 11) is 2.80. The average Bonchev–Trinajstić information content (AvgIpc) is 4.36. The van der Waals surface area contributed by atoms with Gasteiger partial charge in [-0.25, -0.2) is 28.7 Å². The summed E-state index contributed by atoms with van der Waals surface area (Å²) in [5, 5.41) is 24.7. The number of aliphatic hydroxyl groups excluding tert-OH is 2. The summed E-state index contributed by atoms with van der Waals surface area (Å²) in [5.41, 5.74) is 5.61. The Morgan fingerprint density at radius 3 is 1.44 bits per heavy atom. The predicted octanol–water partition coefficient (Wildman–Crippen LogP) is 5.55. The first kappa shape index (κ1) is 52.4. The Hall–Kier alpha value is -7.46. The molecular formula is C53H62F2N10O10. The number of amides is 4. The number of aliphatic hydroxyl groups is 2. The molecule has 398 valence electrons. The van der Waals surface area contributed by atoms with Crippen LogP contribution in [0, 0.1) is 37.3 Å². The third-order valence-electron chi connectivity index (χ3n) is 14.2. The fourth-order valence-electron chi connectivity index (χ4n) is 9.58. The van der Waals surface area contributed by atoms with Crippen LogP contribution in [0.3, 0.4) is 0 Å². The standard InChI is InChI=1S/C27H32FN5O5.C26H30FN5O5/c1-14-22(26(35)32-17-6-8-33(9-7-17)27(36)15(2)34)24-25(31-14)23(29-13-30-24)18-10-19(28)21(37-3)11-20(18)38-12-16-4-5-16;1-14-22(26(35)31-16-5-7-32(8-6-16)21(34)11-33)24-25(30-14)23(28-13-29-24)17-9-18(27)20(36-2)10-19(17)37-12-15-3-4-15/h10-11,13,15-17,31,34H,4-9,12H2,1-3H3,(H,32,35);9-10,13,15-16,30,33H,3-8,11-12H2,1-2H3,(H,31,35)/t15-;/m0./s1. The van der Waals surface area contributed by atoms with Crippen molar-refractivity contribution >= 4 is 45.7 Å². The van der Waals surface area contributed by atoms with Crippen molar-refractivity contribution in [2.24, 2.45) is 11.8 Å². The molecule has 6 aromatic rings. The maximum atomic E-state index is 14.8. The molecule has 0 spiro atoms. The number of aryl methyl sites for hydroxylation is 2. The zero-order chi connectivity index (χ0) is 53.1. The molecule has 6 heterocycles. The maximum absolute atomic E-state index is 14.8. The van der Waals surface area contributed by atoms with Gasteiger partial charge in [-0.3, -0.25) is 19.2 Å². The summed E-state index contributed by atoms with van der Waals surface area (Å²) in [6.45, 7) is 7.40. The lowest BCUT2D eigenvalue weighted by Gasteiger charge is -2.33. The minimum Gasteiger partial charge on any atom is -0.494 e. The van der Waals surface area contributed by atoms with Crippen molar-refractivity contribution in [3.05, 3.63) is 71.1 Å². The van der Waals surface area contributed by atoms with Crippen LogP contribution >= 0.6 is 0 Å². The number of likely N-dealkylation sites (tertiary alicyclic amines) is 2. The molecule has 10 rings (SSSR count). The van der Waals surface area contributed by atoms with E-state index in [0.29, 0.717) is 156 Å². The summed E-state index contributed by atoms with van der Waals surface area (Å²) >= 11 is 0. The number of carbonyl (C=O) groups is 4. The number of ether oxygens (including phenoxy) is 4. The molecule has 4 amide bonds. The Bertz CT molecular complexity index is 3100. The van der Waals surface area contributed by atoms with E-state index < -0.39 is 24.3 Å². The summed E-state index contributed by atoms with van der Waals surface area (Å²) in [6.07, 6.45) is 8.44. The molecule has 2 aliphatic heterocycles. The number of nitrogens with one attached hydrogen (secondary N) is 4. The Morgan fingerprint density at radius 2 is 1.07 bits per heavy atom. The topological polar surface area (TPSA) is 259 Å². The number of aromatic amines is 2. The molecule has 0 bridgehead atoms. The van der Waals surface area contributed by atoms with E-state index in [4.69, 9.17) is 24.1 Å². The predicted molar refractivity (Wildman–Crippen MR) is 270 cm³/mol. The van der Waals surface area contributed by atoms with Crippen molar-refractivity contribution in [1.29, 1.82) is 0 Å². The van der Waals surface area contributed by atoms with E-state index in [1.165, 1.54) is 58.1 Å². The number of halogens is 2. The minimum absolute atomic E-state index is 0.0776. The SMILES string of the molecule is COc1cc(OCC2CC2)c(-c2ncnc3c(C(=O)NC4CCN(C(=O)CO)CC4)c(C)[nH]c23)cc1F.COc1cc(OCC2CC2)c(-c2ncnc3c(C(=O)NC4CCN(C(=O)[C@H](C)O)CC4)c(C)[nH]c23)cc1F. The number of H-pyrrole nitrogens is 2. The lowest BCUT2D eigenvalue weighted by molar-refractivity contribution is -0.140. The quantitative estimate of drug-likeness (QED) is 0.0695. The van der Waals surface area contributed by atoms with E-state index in [1.54, 1.807) is 23.6 Å². The van der Waals surface area contributed by atoms with Crippen molar-refractivity contribution < 1.29 is 57.1 Å². The zero-order valence-corrected chi connectivity index (χ0v) is 42.6. The van der Waals surface area contributed by atoms with Crippen LogP contribution in [0.25, 0.3) is 44.6 Å². The highest BCUT2D eigenvalue weighted by molar-refractivity contribution is 6.10. The number of fused-ring (bicyclic) bond motifs is 2. The van der Waals surface area contributed by atoms with Gasteiger partial charge in [0.05, 0.1) is 49.6 Å². The molecule has 6 N–H and O–H groups in total. The van der Waals surface area contributed by atoms with Crippen molar-refractivity contribution in [3.63, 3.8) is 0 Å². The maximum Gasteiger partial charge on any atom is 0.255 e. The van der Waals surface area contributed by atoms with Gasteiger partial charge in [0.1, 0.15) is 59.3 Å². The largest absolute Gasteiger partial charge is 0.494 e. The lowest BCUT2D eigenvalue weighted by Crippen LogP contribution is -2.48. The van der Waals surface area contributed by atoms with Crippen molar-refractivity contribution in [2.45, 2.75) is 90.3 Å². The first-order chi connectivity index (χ1) is 36.1. The van der Waals surface area contributed by atoms with E-state index in [1.807, 2.05) is 0 Å². The van der Waals surface area contributed by atoms with E-state index >= 15 is 0 Å². The van der Waals surface area contributed by atoms with Crippen LogP contribution in [0.5, 0.6) is 23.0 Å². The second-order valence-electron chi connectivity index (χ2n) is 19.7. The summed E-state index contributed by atoms with van der Waals surface area (Å²) in [6, 6.07) is 5.49. The number of hydrogen-bond acceptors (Lipinski definition) is 14. The molecule has 2 saturated carbocycles. The van der Waals surface area contributed by atoms with Crippen LogP contribution in [0.1, 0.15) is 90.4 Å². The molecule has 0 radical (unpaired) electrons. The molecule has 75 heavy (non-hydrogen) atoms. The molecule has 0 unspecified atom stereocenters. The van der Waals surface area contributed by atoms with Gasteiger partial charge in [0.25, 0.3) is 17.7 Å². The van der Waals surface area contributed by atoms with Crippen molar-refractivity contribution in [2.75, 3.05) is 60.2 Å². The Balaban J connectivity index is 0.000000184. The van der Waals surface area contributed by atoms with Crippen LogP contribution in [-0.4, -0.2) is 152 Å². The fraction of sp³-hybridized carbons (Fsp3) is 0.472. The van der Waals surface area contributed by atoms with Gasteiger partial charge < -0.3 is 59.6 Å². The van der Waals surface area contributed by atoms with E-state index in [9.17, 15) is 33.1 Å². The molecule has 2 saturated heterocycles. The van der Waals surface area contributed by atoms with E-state index in [0.717, 1.165) is 25.7 Å². The normalized spacial score (nSPS) is 16.5. The third-order valence-corrected chi connectivity index (χ3v) is 14.2. The number of aromatic nitrogens is 6. The minimum atomic E-state index is -1.04. The van der Waals surface area contributed by atoms with Gasteiger partial charge in [-0.1, -0.05) is 0 Å². The molecule has 20 nitrogen and oxygen atoms in total. The van der Waals surface area contributed by atoms with Crippen molar-refractivity contribution in [3.8, 4) is 45.5 Å². The smallest absolute Gasteiger partial charge is 0.255 e.